The molecule has 3 rings (SSSR count). The second-order valence-electron chi connectivity index (χ2n) is 7.44. The van der Waals surface area contributed by atoms with Gasteiger partial charge in [-0.3, -0.25) is 4.79 Å². The molecule has 0 saturated heterocycles. The Balaban J connectivity index is 1.94. The summed E-state index contributed by atoms with van der Waals surface area (Å²) in [5.41, 5.74) is 5.57. The SMILES string of the molecule is CCCCCCNC(=O)c1cc(-c2cccn2C)nn1-c1ccc(C)cc1C. The summed E-state index contributed by atoms with van der Waals surface area (Å²) < 4.78 is 3.79. The fraction of sp³-hybridized carbons (Fsp3) is 0.391. The Hall–Kier alpha value is -2.82. The first kappa shape index (κ1) is 19.9. The molecule has 1 amide bonds. The number of rotatable bonds is 8. The van der Waals surface area contributed by atoms with Crippen molar-refractivity contribution in [3.05, 3.63) is 59.4 Å². The van der Waals surface area contributed by atoms with Crippen LogP contribution in [0.5, 0.6) is 0 Å². The molecule has 0 aliphatic carbocycles. The lowest BCUT2D eigenvalue weighted by atomic mass is 10.1. The van der Waals surface area contributed by atoms with Gasteiger partial charge in [-0.2, -0.15) is 5.10 Å². The van der Waals surface area contributed by atoms with Crippen LogP contribution < -0.4 is 5.32 Å². The second-order valence-corrected chi connectivity index (χ2v) is 7.44. The van der Waals surface area contributed by atoms with Gasteiger partial charge in [0, 0.05) is 19.8 Å². The van der Waals surface area contributed by atoms with Crippen molar-refractivity contribution in [3.63, 3.8) is 0 Å². The Morgan fingerprint density at radius 1 is 1.11 bits per heavy atom. The third kappa shape index (κ3) is 4.35. The average Bonchev–Trinajstić information content (AvgIpc) is 3.27. The molecular weight excluding hydrogens is 348 g/mol. The third-order valence-corrected chi connectivity index (χ3v) is 5.04. The van der Waals surface area contributed by atoms with Crippen molar-refractivity contribution in [1.82, 2.24) is 19.7 Å². The molecular formula is C23H30N4O. The number of hydrogen-bond acceptors (Lipinski definition) is 2. The molecule has 0 bridgehead atoms. The quantitative estimate of drug-likeness (QED) is 0.572. The van der Waals surface area contributed by atoms with Crippen LogP contribution in [0.4, 0.5) is 0 Å². The molecule has 0 aliphatic rings. The molecule has 2 heterocycles. The van der Waals surface area contributed by atoms with Gasteiger partial charge in [0.1, 0.15) is 11.4 Å². The van der Waals surface area contributed by atoms with E-state index in [1.54, 1.807) is 4.68 Å². The molecule has 2 aromatic heterocycles. The largest absolute Gasteiger partial charge is 0.351 e. The van der Waals surface area contributed by atoms with Crippen molar-refractivity contribution >= 4 is 5.91 Å². The van der Waals surface area contributed by atoms with Crippen LogP contribution in [0.3, 0.4) is 0 Å². The van der Waals surface area contributed by atoms with Crippen LogP contribution in [-0.4, -0.2) is 26.8 Å². The maximum atomic E-state index is 12.9. The van der Waals surface area contributed by atoms with Gasteiger partial charge in [0.15, 0.2) is 0 Å². The van der Waals surface area contributed by atoms with Gasteiger partial charge in [0.2, 0.25) is 0 Å². The molecule has 3 aromatic rings. The number of amides is 1. The molecule has 1 aromatic carbocycles. The molecule has 0 saturated carbocycles. The Kier molecular flexibility index (Phi) is 6.34. The number of hydrogen-bond donors (Lipinski definition) is 1. The van der Waals surface area contributed by atoms with Crippen molar-refractivity contribution in [2.75, 3.05) is 6.54 Å². The van der Waals surface area contributed by atoms with Gasteiger partial charge in [-0.05, 0) is 50.1 Å². The Labute approximate surface area is 167 Å². The smallest absolute Gasteiger partial charge is 0.270 e. The van der Waals surface area contributed by atoms with Gasteiger partial charge in [0.05, 0.1) is 11.4 Å². The molecule has 0 atom stereocenters. The average molecular weight is 379 g/mol. The fourth-order valence-corrected chi connectivity index (χ4v) is 3.47. The standard InChI is InChI=1S/C23H30N4O/c1-5-6-7-8-13-24-23(28)22-16-19(21-10-9-14-26(21)4)25-27(22)20-12-11-17(2)15-18(20)3/h9-12,14-16H,5-8,13H2,1-4H3,(H,24,28). The summed E-state index contributed by atoms with van der Waals surface area (Å²) in [5, 5.41) is 7.85. The number of carbonyl (C=O) groups is 1. The van der Waals surface area contributed by atoms with Crippen molar-refractivity contribution < 1.29 is 4.79 Å². The van der Waals surface area contributed by atoms with Crippen LogP contribution in [0, 0.1) is 13.8 Å². The number of unbranched alkanes of at least 4 members (excludes halogenated alkanes) is 3. The highest BCUT2D eigenvalue weighted by Gasteiger charge is 2.19. The number of carbonyl (C=O) groups excluding carboxylic acids is 1. The van der Waals surface area contributed by atoms with Crippen LogP contribution >= 0.6 is 0 Å². The number of nitrogens with one attached hydrogen (secondary N) is 1. The summed E-state index contributed by atoms with van der Waals surface area (Å²) in [6.07, 6.45) is 6.52. The molecule has 0 fully saturated rings. The van der Waals surface area contributed by atoms with Crippen LogP contribution in [0.25, 0.3) is 17.1 Å². The highest BCUT2D eigenvalue weighted by Crippen LogP contribution is 2.24. The van der Waals surface area contributed by atoms with Crippen LogP contribution in [-0.2, 0) is 7.05 Å². The summed E-state index contributed by atoms with van der Waals surface area (Å²) in [5.74, 6) is -0.0792. The van der Waals surface area contributed by atoms with Crippen molar-refractivity contribution in [1.29, 1.82) is 0 Å². The highest BCUT2D eigenvalue weighted by atomic mass is 16.2. The van der Waals surface area contributed by atoms with E-state index in [0.717, 1.165) is 35.5 Å². The molecule has 0 radical (unpaired) electrons. The monoisotopic (exact) mass is 378 g/mol. The zero-order chi connectivity index (χ0) is 20.1. The van der Waals surface area contributed by atoms with E-state index in [4.69, 9.17) is 5.10 Å². The van der Waals surface area contributed by atoms with E-state index in [0.29, 0.717) is 12.2 Å². The lowest BCUT2D eigenvalue weighted by molar-refractivity contribution is 0.0945. The van der Waals surface area contributed by atoms with Crippen LogP contribution in [0.2, 0.25) is 0 Å². The van der Waals surface area contributed by atoms with E-state index in [-0.39, 0.29) is 5.91 Å². The topological polar surface area (TPSA) is 51.9 Å². The van der Waals surface area contributed by atoms with E-state index >= 15 is 0 Å². The van der Waals surface area contributed by atoms with Gasteiger partial charge in [-0.1, -0.05) is 43.9 Å². The molecule has 5 nitrogen and oxygen atoms in total. The summed E-state index contributed by atoms with van der Waals surface area (Å²) in [6, 6.07) is 12.1. The molecule has 0 spiro atoms. The number of benzene rings is 1. The highest BCUT2D eigenvalue weighted by molar-refractivity contribution is 5.94. The van der Waals surface area contributed by atoms with Crippen LogP contribution in [0.1, 0.15) is 54.2 Å². The summed E-state index contributed by atoms with van der Waals surface area (Å²) in [7, 11) is 1.99. The first-order chi connectivity index (χ1) is 13.5. The van der Waals surface area contributed by atoms with Gasteiger partial charge >= 0.3 is 0 Å². The molecule has 0 unspecified atom stereocenters. The Morgan fingerprint density at radius 3 is 2.61 bits per heavy atom. The van der Waals surface area contributed by atoms with E-state index in [9.17, 15) is 4.79 Å². The zero-order valence-electron chi connectivity index (χ0n) is 17.3. The zero-order valence-corrected chi connectivity index (χ0v) is 17.3. The first-order valence-electron chi connectivity index (χ1n) is 10.1. The minimum Gasteiger partial charge on any atom is -0.351 e. The van der Waals surface area contributed by atoms with E-state index in [1.165, 1.54) is 18.4 Å². The van der Waals surface area contributed by atoms with E-state index < -0.39 is 0 Å². The van der Waals surface area contributed by atoms with Crippen molar-refractivity contribution in [2.45, 2.75) is 46.5 Å². The minimum absolute atomic E-state index is 0.0792. The lowest BCUT2D eigenvalue weighted by Crippen LogP contribution is -2.27. The van der Waals surface area contributed by atoms with Gasteiger partial charge in [-0.15, -0.1) is 0 Å². The van der Waals surface area contributed by atoms with Gasteiger partial charge in [-0.25, -0.2) is 4.68 Å². The molecule has 1 N–H and O–H groups in total. The molecule has 0 aliphatic heterocycles. The maximum absolute atomic E-state index is 12.9. The lowest BCUT2D eigenvalue weighted by Gasteiger charge is -2.11. The number of aryl methyl sites for hydroxylation is 3. The minimum atomic E-state index is -0.0792. The predicted octanol–water partition coefficient (Wildman–Crippen LogP) is 4.80. The second kappa shape index (κ2) is 8.91. The van der Waals surface area contributed by atoms with Crippen molar-refractivity contribution in [3.8, 4) is 17.1 Å². The predicted molar refractivity (Wildman–Crippen MR) is 114 cm³/mol. The van der Waals surface area contributed by atoms with Crippen molar-refractivity contribution in [2.24, 2.45) is 7.05 Å². The summed E-state index contributed by atoms with van der Waals surface area (Å²) in [6.45, 7) is 7.00. The first-order valence-corrected chi connectivity index (χ1v) is 10.1. The molecule has 28 heavy (non-hydrogen) atoms. The van der Waals surface area contributed by atoms with Gasteiger partial charge < -0.3 is 9.88 Å². The number of aromatic nitrogens is 3. The van der Waals surface area contributed by atoms with Crippen LogP contribution in [0.15, 0.2) is 42.6 Å². The maximum Gasteiger partial charge on any atom is 0.270 e. The number of nitrogens with zero attached hydrogens (tertiary/aromatic N) is 3. The van der Waals surface area contributed by atoms with Gasteiger partial charge in [0.25, 0.3) is 5.91 Å². The normalized spacial score (nSPS) is 11.0. The third-order valence-electron chi connectivity index (χ3n) is 5.04. The molecule has 148 valence electrons. The Bertz CT molecular complexity index is 951. The summed E-state index contributed by atoms with van der Waals surface area (Å²) in [4.78, 5) is 12.9. The molecule has 5 heteroatoms. The fourth-order valence-electron chi connectivity index (χ4n) is 3.47. The summed E-state index contributed by atoms with van der Waals surface area (Å²) >= 11 is 0. The Morgan fingerprint density at radius 2 is 1.93 bits per heavy atom. The van der Waals surface area contributed by atoms with E-state index in [2.05, 4.69) is 38.2 Å². The van der Waals surface area contributed by atoms with E-state index in [1.807, 2.05) is 42.1 Å².